The fourth-order valence-corrected chi connectivity index (χ4v) is 7.78. The Labute approximate surface area is 325 Å². The largest absolute Gasteiger partial charge is 0.457 e. The zero-order chi connectivity index (χ0) is 40.5. The Morgan fingerprint density at radius 1 is 0.304 bits per heavy atom. The first-order valence-electron chi connectivity index (χ1n) is 18.6. The van der Waals surface area contributed by atoms with Gasteiger partial charge in [0.1, 0.15) is 73.2 Å². The van der Waals surface area contributed by atoms with Gasteiger partial charge in [-0.3, -0.25) is 19.2 Å². The van der Waals surface area contributed by atoms with Crippen LogP contribution in [0.4, 0.5) is 0 Å². The van der Waals surface area contributed by atoms with E-state index in [1.165, 1.54) is 27.7 Å². The van der Waals surface area contributed by atoms with Gasteiger partial charge in [-0.15, -0.1) is 0 Å². The van der Waals surface area contributed by atoms with Crippen molar-refractivity contribution in [2.75, 3.05) is 81.3 Å². The molecule has 0 aromatic heterocycles. The van der Waals surface area contributed by atoms with Gasteiger partial charge >= 0.3 is 23.9 Å². The monoisotopic (exact) mass is 808 g/mol. The standard InChI is InChI=1S/4C9H14O5/c4*1-5(10)14-7-4-13-8-6(11-2)3-12-9(7)8/h4*6-9H,3-4H2,1-2H3/t6-,7+,8+,9+;6-,7-,8+,9+;6-,7-,8-,9-;/m001./s1. The summed E-state index contributed by atoms with van der Waals surface area (Å²) in [7, 11) is 6.50. The summed E-state index contributed by atoms with van der Waals surface area (Å²) in [5, 5.41) is 0. The Morgan fingerprint density at radius 2 is 0.446 bits per heavy atom. The Kier molecular flexibility index (Phi) is 16.6. The van der Waals surface area contributed by atoms with Gasteiger partial charge < -0.3 is 75.8 Å². The Morgan fingerprint density at radius 3 is 0.589 bits per heavy atom. The highest BCUT2D eigenvalue weighted by Crippen LogP contribution is 2.33. The van der Waals surface area contributed by atoms with E-state index in [0.717, 1.165) is 0 Å². The van der Waals surface area contributed by atoms with Crippen molar-refractivity contribution in [1.82, 2.24) is 0 Å². The molecule has 0 saturated carbocycles. The zero-order valence-electron chi connectivity index (χ0n) is 33.1. The molecule has 0 bridgehead atoms. The Balaban J connectivity index is 0.000000143. The molecule has 8 fully saturated rings. The summed E-state index contributed by atoms with van der Waals surface area (Å²) in [5.74, 6) is -1.21. The first-order valence-corrected chi connectivity index (χ1v) is 18.6. The van der Waals surface area contributed by atoms with Gasteiger partial charge in [0, 0.05) is 56.1 Å². The molecule has 0 aromatic rings. The lowest BCUT2D eigenvalue weighted by atomic mass is 10.1. The molecule has 56 heavy (non-hydrogen) atoms. The van der Waals surface area contributed by atoms with Gasteiger partial charge in [0.15, 0.2) is 24.4 Å². The van der Waals surface area contributed by atoms with E-state index in [4.69, 9.17) is 75.8 Å². The fourth-order valence-electron chi connectivity index (χ4n) is 7.78. The summed E-state index contributed by atoms with van der Waals surface area (Å²) in [6.45, 7) is 9.14. The van der Waals surface area contributed by atoms with Crippen LogP contribution in [0.5, 0.6) is 0 Å². The molecule has 20 heteroatoms. The summed E-state index contributed by atoms with van der Waals surface area (Å²) in [5.41, 5.74) is 0. The molecule has 0 N–H and O–H groups in total. The second-order valence-electron chi connectivity index (χ2n) is 14.1. The van der Waals surface area contributed by atoms with Gasteiger partial charge in [0.25, 0.3) is 0 Å². The number of hydrogen-bond acceptors (Lipinski definition) is 20. The van der Waals surface area contributed by atoms with Gasteiger partial charge in [-0.25, -0.2) is 0 Å². The topological polar surface area (TPSA) is 216 Å². The molecule has 16 atom stereocenters. The van der Waals surface area contributed by atoms with Gasteiger partial charge in [0.05, 0.1) is 52.9 Å². The maximum Gasteiger partial charge on any atom is 0.303 e. The van der Waals surface area contributed by atoms with Gasteiger partial charge in [-0.1, -0.05) is 0 Å². The van der Waals surface area contributed by atoms with Crippen LogP contribution in [-0.4, -0.2) is 203 Å². The minimum absolute atomic E-state index is 0.0411. The highest BCUT2D eigenvalue weighted by molar-refractivity contribution is 5.67. The van der Waals surface area contributed by atoms with E-state index in [0.29, 0.717) is 52.9 Å². The lowest BCUT2D eigenvalue weighted by Gasteiger charge is -2.15. The van der Waals surface area contributed by atoms with Crippen LogP contribution in [0.15, 0.2) is 0 Å². The van der Waals surface area contributed by atoms with Crippen molar-refractivity contribution in [2.24, 2.45) is 0 Å². The lowest BCUT2D eigenvalue weighted by Crippen LogP contribution is -2.34. The maximum absolute atomic E-state index is 10.8. The Hall–Kier alpha value is -2.60. The summed E-state index contributed by atoms with van der Waals surface area (Å²) >= 11 is 0. The van der Waals surface area contributed by atoms with Crippen LogP contribution in [0.25, 0.3) is 0 Å². The molecule has 8 aliphatic rings. The minimum Gasteiger partial charge on any atom is -0.457 e. The summed E-state index contributed by atoms with van der Waals surface area (Å²) in [4.78, 5) is 43.1. The van der Waals surface area contributed by atoms with Crippen LogP contribution in [0.3, 0.4) is 0 Å². The number of fused-ring (bicyclic) bond motifs is 4. The number of ether oxygens (including phenoxy) is 16. The molecule has 0 aromatic carbocycles. The van der Waals surface area contributed by atoms with Crippen molar-refractivity contribution in [3.05, 3.63) is 0 Å². The molecule has 4 unspecified atom stereocenters. The maximum atomic E-state index is 10.8. The number of methoxy groups -OCH3 is 4. The molecule has 0 radical (unpaired) electrons. The van der Waals surface area contributed by atoms with Crippen molar-refractivity contribution in [1.29, 1.82) is 0 Å². The molecule has 0 amide bonds. The van der Waals surface area contributed by atoms with Crippen LogP contribution in [0.1, 0.15) is 27.7 Å². The molecule has 8 heterocycles. The fraction of sp³-hybridized carbons (Fsp3) is 0.889. The average Bonchev–Trinajstić information content (AvgIpc) is 3.99. The van der Waals surface area contributed by atoms with E-state index in [9.17, 15) is 19.2 Å². The molecule has 20 nitrogen and oxygen atoms in total. The third-order valence-electron chi connectivity index (χ3n) is 10.3. The van der Waals surface area contributed by atoms with E-state index >= 15 is 0 Å². The van der Waals surface area contributed by atoms with Crippen molar-refractivity contribution < 1.29 is 95.0 Å². The normalized spacial score (nSPS) is 41.0. The number of hydrogen-bond donors (Lipinski definition) is 0. The predicted octanol–water partition coefficient (Wildman–Crippen LogP) is -1.08. The third-order valence-corrected chi connectivity index (χ3v) is 10.3. The number of rotatable bonds is 8. The van der Waals surface area contributed by atoms with Crippen LogP contribution >= 0.6 is 0 Å². The highest BCUT2D eigenvalue weighted by atomic mass is 16.7. The zero-order valence-corrected chi connectivity index (χ0v) is 33.1. The SMILES string of the molecule is COC1COC2C(OC(C)=O)COC12.CO[C@@H]1CO[C@H]2[C@@H]1OC[C@H]2OC(C)=O.CO[C@H]1CO[C@H]2[C@@H]1OC[C@@H]2OC(C)=O.CO[C@H]1CO[C@H]2[C@@H]1OC[C@H]2OC(C)=O. The van der Waals surface area contributed by atoms with Crippen LogP contribution in [0, 0.1) is 0 Å². The van der Waals surface area contributed by atoms with Crippen molar-refractivity contribution >= 4 is 23.9 Å². The first kappa shape index (κ1) is 44.5. The number of carbonyl (C=O) groups is 4. The van der Waals surface area contributed by atoms with Gasteiger partial charge in [0.2, 0.25) is 0 Å². The van der Waals surface area contributed by atoms with E-state index in [1.807, 2.05) is 0 Å². The van der Waals surface area contributed by atoms with Gasteiger partial charge in [-0.2, -0.15) is 0 Å². The van der Waals surface area contributed by atoms with Crippen LogP contribution in [-0.2, 0) is 95.0 Å². The molecule has 0 aliphatic carbocycles. The van der Waals surface area contributed by atoms with Crippen molar-refractivity contribution in [2.45, 2.75) is 125 Å². The highest BCUT2D eigenvalue weighted by Gasteiger charge is 2.52. The van der Waals surface area contributed by atoms with Crippen molar-refractivity contribution in [3.63, 3.8) is 0 Å². The third kappa shape index (κ3) is 10.9. The van der Waals surface area contributed by atoms with E-state index in [1.54, 1.807) is 28.4 Å². The van der Waals surface area contributed by atoms with Crippen LogP contribution in [0.2, 0.25) is 0 Å². The average molecular weight is 809 g/mol. The molecule has 8 aliphatic heterocycles. The smallest absolute Gasteiger partial charge is 0.303 e. The molecular formula is C36H56O20. The summed E-state index contributed by atoms with van der Waals surface area (Å²) < 4.78 is 84.8. The van der Waals surface area contributed by atoms with E-state index < -0.39 is 0 Å². The number of esters is 4. The molecule has 0 spiro atoms. The quantitative estimate of drug-likeness (QED) is 0.211. The first-order chi connectivity index (χ1) is 26.9. The minimum atomic E-state index is -0.302. The molecule has 320 valence electrons. The Bertz CT molecular complexity index is 1110. The molecule has 8 rings (SSSR count). The van der Waals surface area contributed by atoms with Crippen LogP contribution < -0.4 is 0 Å². The summed E-state index contributed by atoms with van der Waals surface area (Å²) in [6.07, 6.45) is -2.31. The van der Waals surface area contributed by atoms with E-state index in [-0.39, 0.29) is 122 Å². The van der Waals surface area contributed by atoms with Gasteiger partial charge in [-0.05, 0) is 0 Å². The summed E-state index contributed by atoms with van der Waals surface area (Å²) in [6, 6.07) is 0. The lowest BCUT2D eigenvalue weighted by molar-refractivity contribution is -0.151. The second kappa shape index (κ2) is 20.9. The number of carbonyl (C=O) groups excluding carboxylic acids is 4. The molecule has 8 saturated heterocycles. The second-order valence-corrected chi connectivity index (χ2v) is 14.1. The van der Waals surface area contributed by atoms with E-state index in [2.05, 4.69) is 0 Å². The molecular weight excluding hydrogens is 752 g/mol. The van der Waals surface area contributed by atoms with Crippen molar-refractivity contribution in [3.8, 4) is 0 Å². The predicted molar refractivity (Wildman–Crippen MR) is 183 cm³/mol.